The fourth-order valence-corrected chi connectivity index (χ4v) is 2.16. The second kappa shape index (κ2) is 5.95. The van der Waals surface area contributed by atoms with Gasteiger partial charge in [0.05, 0.1) is 24.8 Å². The van der Waals surface area contributed by atoms with Crippen LogP contribution in [-0.2, 0) is 11.3 Å². The Morgan fingerprint density at radius 3 is 2.58 bits per heavy atom. The highest BCUT2D eigenvalue weighted by Crippen LogP contribution is 2.41. The van der Waals surface area contributed by atoms with Gasteiger partial charge in [0.2, 0.25) is 0 Å². The first-order valence-corrected chi connectivity index (χ1v) is 5.66. The molecule has 0 radical (unpaired) electrons. The van der Waals surface area contributed by atoms with Crippen LogP contribution in [-0.4, -0.2) is 23.7 Å². The van der Waals surface area contributed by atoms with Crippen molar-refractivity contribution in [3.8, 4) is 6.07 Å². The van der Waals surface area contributed by atoms with Crippen molar-refractivity contribution >= 4 is 17.7 Å². The summed E-state index contributed by atoms with van der Waals surface area (Å²) in [5.74, 6) is -1.03. The molecule has 0 saturated carbocycles. The van der Waals surface area contributed by atoms with Crippen molar-refractivity contribution in [2.75, 3.05) is 7.11 Å². The summed E-state index contributed by atoms with van der Waals surface area (Å²) in [6.45, 7) is -0.637. The molecule has 1 aromatic rings. The molecule has 1 N–H and O–H groups in total. The monoisotopic (exact) mass is 291 g/mol. The molecular weight excluding hydrogens is 283 g/mol. The van der Waals surface area contributed by atoms with Crippen molar-refractivity contribution in [3.63, 3.8) is 0 Å². The Morgan fingerprint density at radius 1 is 1.53 bits per heavy atom. The van der Waals surface area contributed by atoms with Crippen LogP contribution in [0.25, 0.3) is 0 Å². The molecular formula is C11H8F3NO3S. The van der Waals surface area contributed by atoms with Gasteiger partial charge < -0.3 is 9.84 Å². The molecule has 0 bridgehead atoms. The second-order valence-electron chi connectivity index (χ2n) is 3.29. The molecule has 0 saturated heterocycles. The van der Waals surface area contributed by atoms with Gasteiger partial charge in [0.15, 0.2) is 0 Å². The summed E-state index contributed by atoms with van der Waals surface area (Å²) in [6.07, 6.45) is 0. The molecule has 8 heteroatoms. The van der Waals surface area contributed by atoms with Crippen LogP contribution in [0.1, 0.15) is 21.5 Å². The third-order valence-electron chi connectivity index (χ3n) is 2.14. The fraction of sp³-hybridized carbons (Fsp3) is 0.273. The molecule has 1 rings (SSSR count). The van der Waals surface area contributed by atoms with Crippen LogP contribution in [0.5, 0.6) is 0 Å². The van der Waals surface area contributed by atoms with E-state index in [4.69, 9.17) is 10.4 Å². The minimum atomic E-state index is -4.66. The maximum Gasteiger partial charge on any atom is 0.446 e. The van der Waals surface area contributed by atoms with Gasteiger partial charge in [-0.05, 0) is 23.4 Å². The summed E-state index contributed by atoms with van der Waals surface area (Å²) >= 11 is -0.583. The van der Waals surface area contributed by atoms with Gasteiger partial charge in [-0.3, -0.25) is 0 Å². The molecule has 0 fully saturated rings. The Morgan fingerprint density at radius 2 is 2.16 bits per heavy atom. The smallest absolute Gasteiger partial charge is 0.446 e. The highest BCUT2D eigenvalue weighted by Gasteiger charge is 2.34. The van der Waals surface area contributed by atoms with E-state index in [-0.39, 0.29) is 11.1 Å². The van der Waals surface area contributed by atoms with E-state index in [1.54, 1.807) is 6.07 Å². The molecule has 0 spiro atoms. The van der Waals surface area contributed by atoms with Gasteiger partial charge in [0.25, 0.3) is 0 Å². The lowest BCUT2D eigenvalue weighted by Crippen LogP contribution is -2.11. The molecule has 1 aromatic carbocycles. The van der Waals surface area contributed by atoms with E-state index in [1.807, 2.05) is 0 Å². The van der Waals surface area contributed by atoms with E-state index < -0.39 is 40.3 Å². The summed E-state index contributed by atoms with van der Waals surface area (Å²) in [5, 5.41) is 17.9. The van der Waals surface area contributed by atoms with Crippen molar-refractivity contribution in [3.05, 3.63) is 28.8 Å². The molecule has 0 amide bonds. The van der Waals surface area contributed by atoms with E-state index in [2.05, 4.69) is 4.74 Å². The number of hydrogen-bond donors (Lipinski definition) is 1. The number of thioether (sulfide) groups is 1. The summed E-state index contributed by atoms with van der Waals surface area (Å²) in [6, 6.07) is 3.91. The minimum absolute atomic E-state index is 0.0300. The van der Waals surface area contributed by atoms with Crippen LogP contribution >= 0.6 is 11.8 Å². The number of alkyl halides is 3. The lowest BCUT2D eigenvalue weighted by molar-refractivity contribution is -0.0328. The van der Waals surface area contributed by atoms with Crippen LogP contribution in [0.2, 0.25) is 0 Å². The summed E-state index contributed by atoms with van der Waals surface area (Å²) in [7, 11) is 1.00. The van der Waals surface area contributed by atoms with Gasteiger partial charge in [-0.2, -0.15) is 18.4 Å². The lowest BCUT2D eigenvalue weighted by atomic mass is 10.0. The number of benzene rings is 1. The molecule has 0 heterocycles. The number of aliphatic hydroxyl groups is 1. The number of esters is 1. The molecule has 19 heavy (non-hydrogen) atoms. The summed E-state index contributed by atoms with van der Waals surface area (Å²) < 4.78 is 41.8. The molecule has 0 aliphatic carbocycles. The Labute approximate surface area is 110 Å². The first-order valence-electron chi connectivity index (χ1n) is 4.85. The minimum Gasteiger partial charge on any atom is -0.465 e. The molecule has 0 aliphatic rings. The normalized spacial score (nSPS) is 10.9. The summed E-state index contributed by atoms with van der Waals surface area (Å²) in [5.41, 5.74) is -5.44. The van der Waals surface area contributed by atoms with Gasteiger partial charge in [0.1, 0.15) is 6.07 Å². The average molecular weight is 291 g/mol. The van der Waals surface area contributed by atoms with Crippen molar-refractivity contribution in [1.29, 1.82) is 5.26 Å². The number of hydrogen-bond acceptors (Lipinski definition) is 5. The highest BCUT2D eigenvalue weighted by molar-refractivity contribution is 8.00. The molecule has 0 atom stereocenters. The van der Waals surface area contributed by atoms with Crippen molar-refractivity contribution < 1.29 is 27.8 Å². The molecule has 4 nitrogen and oxygen atoms in total. The van der Waals surface area contributed by atoms with Crippen molar-refractivity contribution in [2.45, 2.75) is 17.0 Å². The number of nitriles is 1. The second-order valence-corrected chi connectivity index (χ2v) is 4.36. The van der Waals surface area contributed by atoms with E-state index in [0.29, 0.717) is 0 Å². The first kappa shape index (κ1) is 15.3. The van der Waals surface area contributed by atoms with Gasteiger partial charge in [-0.15, -0.1) is 0 Å². The Kier molecular flexibility index (Phi) is 4.80. The zero-order valence-electron chi connectivity index (χ0n) is 9.61. The van der Waals surface area contributed by atoms with Gasteiger partial charge in [-0.1, -0.05) is 6.07 Å². The number of nitrogens with zero attached hydrogens (tertiary/aromatic N) is 1. The molecule has 0 aromatic heterocycles. The van der Waals surface area contributed by atoms with E-state index in [9.17, 15) is 18.0 Å². The van der Waals surface area contributed by atoms with Crippen LogP contribution in [0.3, 0.4) is 0 Å². The topological polar surface area (TPSA) is 70.3 Å². The Balaban J connectivity index is 3.53. The van der Waals surface area contributed by atoms with E-state index >= 15 is 0 Å². The highest BCUT2D eigenvalue weighted by atomic mass is 32.2. The fourth-order valence-electron chi connectivity index (χ4n) is 1.39. The number of carbonyl (C=O) groups is 1. The van der Waals surface area contributed by atoms with Crippen LogP contribution in [0.4, 0.5) is 13.2 Å². The number of aliphatic hydroxyl groups excluding tert-OH is 1. The predicted molar refractivity (Wildman–Crippen MR) is 60.3 cm³/mol. The zero-order chi connectivity index (χ0) is 14.6. The number of rotatable bonds is 3. The Bertz CT molecular complexity index is 537. The third kappa shape index (κ3) is 3.62. The SMILES string of the molecule is COC(=O)c1c(CO)ccc(C#N)c1SC(F)(F)F. The first-order chi connectivity index (χ1) is 8.84. The van der Waals surface area contributed by atoms with Crippen LogP contribution in [0.15, 0.2) is 17.0 Å². The predicted octanol–water partition coefficient (Wildman–Crippen LogP) is 2.45. The third-order valence-corrected chi connectivity index (χ3v) is 3.00. The standard InChI is InChI=1S/C11H8F3NO3S/c1-18-10(17)8-7(5-16)3-2-6(4-15)9(8)19-11(12,13)14/h2-3,16H,5H2,1H3. The van der Waals surface area contributed by atoms with E-state index in [0.717, 1.165) is 13.2 Å². The molecule has 102 valence electrons. The molecule has 0 aliphatic heterocycles. The quantitative estimate of drug-likeness (QED) is 0.684. The molecule has 0 unspecified atom stereocenters. The lowest BCUT2D eigenvalue weighted by Gasteiger charge is -2.14. The zero-order valence-corrected chi connectivity index (χ0v) is 10.4. The largest absolute Gasteiger partial charge is 0.465 e. The van der Waals surface area contributed by atoms with Crippen molar-refractivity contribution in [1.82, 2.24) is 0 Å². The number of methoxy groups -OCH3 is 1. The van der Waals surface area contributed by atoms with Gasteiger partial charge in [-0.25, -0.2) is 4.79 Å². The van der Waals surface area contributed by atoms with Gasteiger partial charge >= 0.3 is 11.5 Å². The maximum absolute atomic E-state index is 12.5. The van der Waals surface area contributed by atoms with Crippen LogP contribution in [0, 0.1) is 11.3 Å². The summed E-state index contributed by atoms with van der Waals surface area (Å²) in [4.78, 5) is 11.0. The maximum atomic E-state index is 12.5. The van der Waals surface area contributed by atoms with Gasteiger partial charge in [0, 0.05) is 4.90 Å². The number of ether oxygens (including phenoxy) is 1. The number of carbonyl (C=O) groups excluding carboxylic acids is 1. The Hall–Kier alpha value is -1.72. The number of halogens is 3. The van der Waals surface area contributed by atoms with E-state index in [1.165, 1.54) is 6.07 Å². The van der Waals surface area contributed by atoms with Crippen molar-refractivity contribution in [2.24, 2.45) is 0 Å². The average Bonchev–Trinajstić information content (AvgIpc) is 2.35. The van der Waals surface area contributed by atoms with Crippen LogP contribution < -0.4 is 0 Å².